The number of ether oxygens (including phenoxy) is 2. The van der Waals surface area contributed by atoms with E-state index in [4.69, 9.17) is 26.1 Å². The highest BCUT2D eigenvalue weighted by molar-refractivity contribution is 6.33. The molecule has 5 amide bonds. The van der Waals surface area contributed by atoms with Gasteiger partial charge in [-0.2, -0.15) is 4.98 Å². The summed E-state index contributed by atoms with van der Waals surface area (Å²) in [6.07, 6.45) is 8.33. The highest BCUT2D eigenvalue weighted by Crippen LogP contribution is 2.45. The second kappa shape index (κ2) is 17.8. The van der Waals surface area contributed by atoms with E-state index in [0.29, 0.717) is 39.6 Å². The van der Waals surface area contributed by atoms with Gasteiger partial charge in [0.05, 0.1) is 35.0 Å². The zero-order valence-electron chi connectivity index (χ0n) is 37.9. The topological polar surface area (TPSA) is 201 Å². The zero-order chi connectivity index (χ0) is 46.7. The van der Waals surface area contributed by atoms with Crippen LogP contribution in [-0.4, -0.2) is 131 Å². The number of nitrogens with one attached hydrogen (secondary N) is 3. The number of hydrogen-bond acceptors (Lipinski definition) is 14. The molecule has 67 heavy (non-hydrogen) atoms. The molecule has 10 rings (SSSR count). The maximum atomic E-state index is 13.4. The number of carbonyl (C=O) groups is 5. The summed E-state index contributed by atoms with van der Waals surface area (Å²) in [4.78, 5) is 93.3. The molecule has 0 unspecified atom stereocenters. The molecule has 19 heteroatoms. The Morgan fingerprint density at radius 3 is 2.37 bits per heavy atom. The highest BCUT2D eigenvalue weighted by atomic mass is 35.5. The predicted molar refractivity (Wildman–Crippen MR) is 250 cm³/mol. The van der Waals surface area contributed by atoms with E-state index in [1.165, 1.54) is 7.05 Å². The molecule has 352 valence electrons. The van der Waals surface area contributed by atoms with Crippen LogP contribution in [0.2, 0.25) is 5.02 Å². The normalized spacial score (nSPS) is 23.1. The summed E-state index contributed by atoms with van der Waals surface area (Å²) >= 11 is 6.61. The van der Waals surface area contributed by atoms with Gasteiger partial charge in [-0.25, -0.2) is 4.98 Å². The van der Waals surface area contributed by atoms with Crippen molar-refractivity contribution in [1.82, 2.24) is 35.0 Å². The number of carbonyl (C=O) groups excluding carboxylic acids is 5. The van der Waals surface area contributed by atoms with Crippen LogP contribution in [0.1, 0.15) is 92.0 Å². The van der Waals surface area contributed by atoms with Gasteiger partial charge in [0.1, 0.15) is 11.1 Å². The number of hydrogen-bond donors (Lipinski definition) is 3. The van der Waals surface area contributed by atoms with Crippen LogP contribution in [0, 0.1) is 5.41 Å². The second-order valence-corrected chi connectivity index (χ2v) is 19.6. The van der Waals surface area contributed by atoms with Crippen molar-refractivity contribution < 1.29 is 33.4 Å². The van der Waals surface area contributed by atoms with Crippen molar-refractivity contribution in [2.75, 3.05) is 68.0 Å². The Bertz CT molecular complexity index is 2720. The fraction of sp³-hybridized carbons (Fsp3) is 0.500. The minimum Gasteiger partial charge on any atom is -0.478 e. The van der Waals surface area contributed by atoms with Crippen molar-refractivity contribution in [3.05, 3.63) is 75.2 Å². The average molecular weight is 935 g/mol. The molecule has 4 saturated heterocycles. The van der Waals surface area contributed by atoms with E-state index >= 15 is 0 Å². The number of rotatable bonds is 12. The second-order valence-electron chi connectivity index (χ2n) is 19.1. The number of nitrogens with zero attached hydrogens (tertiary/aromatic N) is 7. The summed E-state index contributed by atoms with van der Waals surface area (Å²) in [5, 5.41) is 9.22. The summed E-state index contributed by atoms with van der Waals surface area (Å²) in [5.74, 6) is -1.15. The Hall–Kier alpha value is -6.11. The number of halogens is 1. The third-order valence-electron chi connectivity index (χ3n) is 14.5. The number of benzene rings is 2. The van der Waals surface area contributed by atoms with Gasteiger partial charge < -0.3 is 39.4 Å². The number of imide groups is 2. The quantitative estimate of drug-likeness (QED) is 0.169. The molecule has 0 radical (unpaired) electrons. The smallest absolute Gasteiger partial charge is 0.293 e. The fourth-order valence-corrected chi connectivity index (χ4v) is 10.8. The van der Waals surface area contributed by atoms with Gasteiger partial charge in [-0.1, -0.05) is 11.6 Å². The number of amides is 5. The lowest BCUT2D eigenvalue weighted by Gasteiger charge is -2.57. The average Bonchev–Trinajstić information content (AvgIpc) is 3.54. The molecule has 7 heterocycles. The molecule has 5 fully saturated rings. The fourth-order valence-electron chi connectivity index (χ4n) is 10.7. The van der Waals surface area contributed by atoms with Gasteiger partial charge in [0, 0.05) is 73.9 Å². The van der Waals surface area contributed by atoms with Gasteiger partial charge in [0.2, 0.25) is 17.8 Å². The number of aromatic nitrogens is 3. The molecule has 18 nitrogen and oxygen atoms in total. The SMILES string of the molecule is CNC(=O)COc1cc2cc(Nc3nc(N4CCC(OC5CC(N6CCC7(CC6)CN(c6ccc8c(c6)C(=O)N([C@@H]6CCC(=O)NC6=O)C8=O)C7)C5)CC4)ncc3Cl)ccc2n(C(C)C)c1=O. The van der Waals surface area contributed by atoms with Crippen LogP contribution in [0.15, 0.2) is 53.5 Å². The third-order valence-corrected chi connectivity index (χ3v) is 14.8. The predicted octanol–water partition coefficient (Wildman–Crippen LogP) is 4.41. The lowest BCUT2D eigenvalue weighted by Crippen LogP contribution is -2.62. The number of fused-ring (bicyclic) bond motifs is 2. The monoisotopic (exact) mass is 934 g/mol. The molecule has 1 aliphatic carbocycles. The first-order valence-corrected chi connectivity index (χ1v) is 23.7. The van der Waals surface area contributed by atoms with Gasteiger partial charge >= 0.3 is 0 Å². The minimum absolute atomic E-state index is 0.0914. The number of pyridine rings is 1. The van der Waals surface area contributed by atoms with E-state index < -0.39 is 29.7 Å². The molecule has 2 aromatic heterocycles. The van der Waals surface area contributed by atoms with Crippen LogP contribution in [-0.2, 0) is 19.1 Å². The standard InChI is InChI=1S/C48H55ClN10O8/c1-27(2)58-37-7-4-29(18-28(37)19-39(46(58)65)66-24-41(61)50-3)52-42-36(49)23-51-47(54-42)56-14-10-32(11-15-56)67-33-20-31(21-33)55-16-12-48(13-17-55)25-57(26-48)30-5-6-34-35(22-30)45(64)59(44(34)63)38-8-9-40(60)53-43(38)62/h4-7,18-19,22-23,27,31-33,38H,8-17,20-21,24-26H2,1-3H3,(H,50,61)(H,51,52,54)(H,53,60,62)/t31?,33?,38-/m1/s1. The Morgan fingerprint density at radius 1 is 0.910 bits per heavy atom. The van der Waals surface area contributed by atoms with E-state index in [1.54, 1.807) is 29.0 Å². The van der Waals surface area contributed by atoms with Crippen molar-refractivity contribution in [2.45, 2.75) is 95.5 Å². The summed E-state index contributed by atoms with van der Waals surface area (Å²) < 4.78 is 13.9. The first-order chi connectivity index (χ1) is 32.3. The Kier molecular flexibility index (Phi) is 11.9. The van der Waals surface area contributed by atoms with Crippen LogP contribution in [0.5, 0.6) is 5.75 Å². The lowest BCUT2D eigenvalue weighted by molar-refractivity contribution is -0.136. The first kappa shape index (κ1) is 44.7. The van der Waals surface area contributed by atoms with Crippen molar-refractivity contribution >= 4 is 75.2 Å². The van der Waals surface area contributed by atoms with E-state index in [0.717, 1.165) is 99.3 Å². The summed E-state index contributed by atoms with van der Waals surface area (Å²) in [6, 6.07) is 12.1. The lowest BCUT2D eigenvalue weighted by atomic mass is 9.71. The van der Waals surface area contributed by atoms with Crippen LogP contribution in [0.3, 0.4) is 0 Å². The van der Waals surface area contributed by atoms with E-state index in [-0.39, 0.29) is 60.3 Å². The maximum absolute atomic E-state index is 13.4. The molecule has 4 aromatic rings. The van der Waals surface area contributed by atoms with E-state index in [9.17, 15) is 28.8 Å². The van der Waals surface area contributed by atoms with E-state index in [2.05, 4.69) is 35.6 Å². The minimum atomic E-state index is -0.971. The van der Waals surface area contributed by atoms with Gasteiger partial charge in [0.25, 0.3) is 23.3 Å². The first-order valence-electron chi connectivity index (χ1n) is 23.3. The molecule has 1 atom stereocenters. The molecule has 0 bridgehead atoms. The van der Waals surface area contributed by atoms with Gasteiger partial charge in [-0.3, -0.25) is 39.0 Å². The van der Waals surface area contributed by atoms with Crippen LogP contribution in [0.4, 0.5) is 23.1 Å². The number of piperidine rings is 3. The molecular formula is C48H55ClN10O8. The third kappa shape index (κ3) is 8.59. The van der Waals surface area contributed by atoms with Crippen molar-refractivity contribution in [2.24, 2.45) is 5.41 Å². The summed E-state index contributed by atoms with van der Waals surface area (Å²) in [7, 11) is 1.51. The van der Waals surface area contributed by atoms with Crippen LogP contribution < -0.4 is 36.0 Å². The largest absolute Gasteiger partial charge is 0.478 e. The Morgan fingerprint density at radius 2 is 1.66 bits per heavy atom. The van der Waals surface area contributed by atoms with Gasteiger partial charge in [-0.05, 0) is 114 Å². The zero-order valence-corrected chi connectivity index (χ0v) is 38.6. The van der Waals surface area contributed by atoms with Gasteiger partial charge in [0.15, 0.2) is 18.2 Å². The number of likely N-dealkylation sites (tertiary alicyclic amines) is 1. The van der Waals surface area contributed by atoms with Crippen LogP contribution >= 0.6 is 11.6 Å². The molecule has 1 spiro atoms. The molecule has 6 aliphatic rings. The molecule has 5 aliphatic heterocycles. The van der Waals surface area contributed by atoms with E-state index in [1.807, 2.05) is 38.1 Å². The Labute approximate surface area is 392 Å². The maximum Gasteiger partial charge on any atom is 0.293 e. The summed E-state index contributed by atoms with van der Waals surface area (Å²) in [5.41, 5.74) is 2.91. The number of anilines is 4. The number of likely N-dealkylation sites (N-methyl/N-ethyl adjacent to an activating group) is 1. The molecule has 1 saturated carbocycles. The summed E-state index contributed by atoms with van der Waals surface area (Å²) in [6.45, 7) is 9.01. The van der Waals surface area contributed by atoms with Crippen molar-refractivity contribution in [3.8, 4) is 5.75 Å². The highest BCUT2D eigenvalue weighted by Gasteiger charge is 2.49. The molecule has 3 N–H and O–H groups in total. The van der Waals surface area contributed by atoms with Gasteiger partial charge in [-0.15, -0.1) is 0 Å². The molecule has 2 aromatic carbocycles. The van der Waals surface area contributed by atoms with Crippen LogP contribution in [0.25, 0.3) is 10.9 Å². The van der Waals surface area contributed by atoms with Crippen molar-refractivity contribution in [3.63, 3.8) is 0 Å². The molecular weight excluding hydrogens is 880 g/mol. The van der Waals surface area contributed by atoms with Crippen molar-refractivity contribution in [1.29, 1.82) is 0 Å². The Balaban J connectivity index is 0.676.